The standard InChI is InChI=1S/C10H17NO2/c1-13-9-5-6-11(7-9)10(12)8-3-2-4-8/h8-9H,2-7H2,1H3. The Balaban J connectivity index is 1.84. The van der Waals surface area contributed by atoms with Crippen molar-refractivity contribution in [2.24, 2.45) is 5.92 Å². The van der Waals surface area contributed by atoms with E-state index in [0.29, 0.717) is 11.8 Å². The Morgan fingerprint density at radius 3 is 2.62 bits per heavy atom. The molecule has 2 rings (SSSR count). The lowest BCUT2D eigenvalue weighted by molar-refractivity contribution is -0.137. The number of ether oxygens (including phenoxy) is 1. The van der Waals surface area contributed by atoms with Gasteiger partial charge in [0.05, 0.1) is 6.10 Å². The van der Waals surface area contributed by atoms with Crippen LogP contribution in [0.2, 0.25) is 0 Å². The molecule has 2 fully saturated rings. The summed E-state index contributed by atoms with van der Waals surface area (Å²) in [5.41, 5.74) is 0. The van der Waals surface area contributed by atoms with E-state index < -0.39 is 0 Å². The molecule has 0 radical (unpaired) electrons. The van der Waals surface area contributed by atoms with Crippen LogP contribution in [0.1, 0.15) is 25.7 Å². The lowest BCUT2D eigenvalue weighted by atomic mass is 9.84. The first-order valence-electron chi connectivity index (χ1n) is 5.13. The number of nitrogens with zero attached hydrogens (tertiary/aromatic N) is 1. The van der Waals surface area contributed by atoms with E-state index >= 15 is 0 Å². The monoisotopic (exact) mass is 183 g/mol. The van der Waals surface area contributed by atoms with E-state index in [-0.39, 0.29) is 6.10 Å². The SMILES string of the molecule is COC1CCN(C(=O)C2CCC2)C1. The van der Waals surface area contributed by atoms with Gasteiger partial charge in [-0.1, -0.05) is 6.42 Å². The van der Waals surface area contributed by atoms with Crippen molar-refractivity contribution in [1.82, 2.24) is 4.90 Å². The maximum atomic E-state index is 11.8. The molecule has 13 heavy (non-hydrogen) atoms. The molecule has 0 aromatic rings. The molecule has 1 atom stereocenters. The Kier molecular flexibility index (Phi) is 2.54. The Labute approximate surface area is 79.0 Å². The molecular formula is C10H17NO2. The lowest BCUT2D eigenvalue weighted by Gasteiger charge is -2.28. The maximum absolute atomic E-state index is 11.8. The molecule has 0 spiro atoms. The van der Waals surface area contributed by atoms with Crippen molar-refractivity contribution in [1.29, 1.82) is 0 Å². The van der Waals surface area contributed by atoms with Crippen molar-refractivity contribution in [3.8, 4) is 0 Å². The molecule has 0 bridgehead atoms. The number of likely N-dealkylation sites (tertiary alicyclic amines) is 1. The summed E-state index contributed by atoms with van der Waals surface area (Å²) in [6.07, 6.45) is 4.73. The summed E-state index contributed by atoms with van der Waals surface area (Å²) < 4.78 is 5.23. The lowest BCUT2D eigenvalue weighted by Crippen LogP contribution is -2.37. The molecule has 1 amide bonds. The molecule has 3 heteroatoms. The van der Waals surface area contributed by atoms with E-state index in [0.717, 1.165) is 32.4 Å². The highest BCUT2D eigenvalue weighted by molar-refractivity contribution is 5.79. The van der Waals surface area contributed by atoms with Crippen molar-refractivity contribution >= 4 is 5.91 Å². The van der Waals surface area contributed by atoms with Gasteiger partial charge in [-0.25, -0.2) is 0 Å². The van der Waals surface area contributed by atoms with Crippen molar-refractivity contribution < 1.29 is 9.53 Å². The van der Waals surface area contributed by atoms with E-state index in [1.165, 1.54) is 6.42 Å². The summed E-state index contributed by atoms with van der Waals surface area (Å²) in [4.78, 5) is 13.7. The highest BCUT2D eigenvalue weighted by Gasteiger charge is 2.33. The van der Waals surface area contributed by atoms with Gasteiger partial charge in [0.15, 0.2) is 0 Å². The fourth-order valence-electron chi connectivity index (χ4n) is 2.03. The summed E-state index contributed by atoms with van der Waals surface area (Å²) >= 11 is 0. The number of hydrogen-bond acceptors (Lipinski definition) is 2. The van der Waals surface area contributed by atoms with Gasteiger partial charge in [-0.15, -0.1) is 0 Å². The van der Waals surface area contributed by atoms with Crippen molar-refractivity contribution in [2.45, 2.75) is 31.8 Å². The molecule has 1 aliphatic heterocycles. The third-order valence-corrected chi connectivity index (χ3v) is 3.24. The van der Waals surface area contributed by atoms with Crippen LogP contribution < -0.4 is 0 Å². The zero-order valence-corrected chi connectivity index (χ0v) is 8.16. The molecule has 1 saturated carbocycles. The van der Waals surface area contributed by atoms with Gasteiger partial charge in [0.1, 0.15) is 0 Å². The minimum Gasteiger partial charge on any atom is -0.380 e. The van der Waals surface area contributed by atoms with Gasteiger partial charge in [0, 0.05) is 26.1 Å². The fraction of sp³-hybridized carbons (Fsp3) is 0.900. The second kappa shape index (κ2) is 3.66. The van der Waals surface area contributed by atoms with Gasteiger partial charge in [-0.3, -0.25) is 4.79 Å². The third-order valence-electron chi connectivity index (χ3n) is 3.24. The van der Waals surface area contributed by atoms with Gasteiger partial charge >= 0.3 is 0 Å². The van der Waals surface area contributed by atoms with Crippen molar-refractivity contribution in [2.75, 3.05) is 20.2 Å². The van der Waals surface area contributed by atoms with Crippen molar-refractivity contribution in [3.05, 3.63) is 0 Å². The van der Waals surface area contributed by atoms with Gasteiger partial charge < -0.3 is 9.64 Å². The smallest absolute Gasteiger partial charge is 0.225 e. The summed E-state index contributed by atoms with van der Waals surface area (Å²) in [5, 5.41) is 0. The third kappa shape index (κ3) is 1.70. The summed E-state index contributed by atoms with van der Waals surface area (Å²) in [5.74, 6) is 0.710. The van der Waals surface area contributed by atoms with Crippen LogP contribution in [0.4, 0.5) is 0 Å². The Bertz CT molecular complexity index is 201. The number of amides is 1. The second-order valence-corrected chi connectivity index (χ2v) is 4.06. The molecule has 2 aliphatic rings. The van der Waals surface area contributed by atoms with Crippen LogP contribution in [0.25, 0.3) is 0 Å². The average Bonchev–Trinajstić information content (AvgIpc) is 2.48. The number of carbonyl (C=O) groups excluding carboxylic acids is 1. The Morgan fingerprint density at radius 1 is 1.38 bits per heavy atom. The van der Waals surface area contributed by atoms with Gasteiger partial charge in [-0.2, -0.15) is 0 Å². The molecule has 0 N–H and O–H groups in total. The topological polar surface area (TPSA) is 29.5 Å². The first-order chi connectivity index (χ1) is 6.31. The summed E-state index contributed by atoms with van der Waals surface area (Å²) in [7, 11) is 1.72. The highest BCUT2D eigenvalue weighted by Crippen LogP contribution is 2.29. The Hall–Kier alpha value is -0.570. The van der Waals surface area contributed by atoms with Gasteiger partial charge in [0.2, 0.25) is 5.91 Å². The number of hydrogen-bond donors (Lipinski definition) is 0. The van der Waals surface area contributed by atoms with E-state index in [9.17, 15) is 4.79 Å². The van der Waals surface area contributed by atoms with Crippen molar-refractivity contribution in [3.63, 3.8) is 0 Å². The molecule has 0 aromatic heterocycles. The van der Waals surface area contributed by atoms with Crippen LogP contribution >= 0.6 is 0 Å². The minimum absolute atomic E-state index is 0.282. The minimum atomic E-state index is 0.282. The van der Waals surface area contributed by atoms with Crippen LogP contribution in [0.5, 0.6) is 0 Å². The number of rotatable bonds is 2. The predicted octanol–water partition coefficient (Wildman–Crippen LogP) is 1.03. The molecule has 1 unspecified atom stereocenters. The highest BCUT2D eigenvalue weighted by atomic mass is 16.5. The number of carbonyl (C=O) groups is 1. The summed E-state index contributed by atoms with van der Waals surface area (Å²) in [6, 6.07) is 0. The molecular weight excluding hydrogens is 166 g/mol. The van der Waals surface area contributed by atoms with Crippen LogP contribution in [-0.4, -0.2) is 37.1 Å². The predicted molar refractivity (Wildman–Crippen MR) is 49.3 cm³/mol. The molecule has 3 nitrogen and oxygen atoms in total. The van der Waals surface area contributed by atoms with Crippen LogP contribution in [0.15, 0.2) is 0 Å². The quantitative estimate of drug-likeness (QED) is 0.640. The van der Waals surface area contributed by atoms with Crippen LogP contribution in [-0.2, 0) is 9.53 Å². The average molecular weight is 183 g/mol. The number of methoxy groups -OCH3 is 1. The molecule has 1 heterocycles. The molecule has 1 saturated heterocycles. The zero-order valence-electron chi connectivity index (χ0n) is 8.16. The normalized spacial score (nSPS) is 29.0. The van der Waals surface area contributed by atoms with E-state index in [2.05, 4.69) is 0 Å². The van der Waals surface area contributed by atoms with Crippen LogP contribution in [0.3, 0.4) is 0 Å². The maximum Gasteiger partial charge on any atom is 0.225 e. The zero-order chi connectivity index (χ0) is 9.26. The van der Waals surface area contributed by atoms with Gasteiger partial charge in [0.25, 0.3) is 0 Å². The van der Waals surface area contributed by atoms with E-state index in [1.54, 1.807) is 7.11 Å². The van der Waals surface area contributed by atoms with Crippen LogP contribution in [0, 0.1) is 5.92 Å². The molecule has 0 aromatic carbocycles. The largest absolute Gasteiger partial charge is 0.380 e. The van der Waals surface area contributed by atoms with E-state index in [4.69, 9.17) is 4.74 Å². The van der Waals surface area contributed by atoms with Gasteiger partial charge in [-0.05, 0) is 19.3 Å². The molecule has 1 aliphatic carbocycles. The second-order valence-electron chi connectivity index (χ2n) is 4.06. The first-order valence-corrected chi connectivity index (χ1v) is 5.13. The Morgan fingerprint density at radius 2 is 2.15 bits per heavy atom. The van der Waals surface area contributed by atoms with E-state index in [1.807, 2.05) is 4.90 Å². The first kappa shape index (κ1) is 9.00. The summed E-state index contributed by atoms with van der Waals surface area (Å²) in [6.45, 7) is 1.71. The fourth-order valence-corrected chi connectivity index (χ4v) is 2.03. The molecule has 74 valence electrons.